The van der Waals surface area contributed by atoms with E-state index in [0.717, 1.165) is 18.1 Å². The van der Waals surface area contributed by atoms with Gasteiger partial charge in [-0.1, -0.05) is 0 Å². The zero-order valence-electron chi connectivity index (χ0n) is 10.4. The molecule has 1 saturated carbocycles. The highest BCUT2D eigenvalue weighted by Crippen LogP contribution is 2.39. The first-order valence-electron chi connectivity index (χ1n) is 6.23. The van der Waals surface area contributed by atoms with E-state index in [-0.39, 0.29) is 12.6 Å². The summed E-state index contributed by atoms with van der Waals surface area (Å²) in [5, 5.41) is 15.3. The largest absolute Gasteiger partial charge is 0.394 e. The van der Waals surface area contributed by atoms with Crippen LogP contribution in [-0.2, 0) is 0 Å². The maximum absolute atomic E-state index is 9.03. The van der Waals surface area contributed by atoms with E-state index in [4.69, 9.17) is 5.11 Å². The molecule has 0 saturated heterocycles. The third-order valence-electron chi connectivity index (χ3n) is 2.75. The Bertz CT molecular complexity index is 379. The first-order chi connectivity index (χ1) is 8.22. The molecule has 94 valence electrons. The molecule has 1 heterocycles. The Morgan fingerprint density at radius 3 is 2.82 bits per heavy atom. The minimum absolute atomic E-state index is 0.0288. The van der Waals surface area contributed by atoms with Crippen molar-refractivity contribution < 1.29 is 5.11 Å². The van der Waals surface area contributed by atoms with Crippen molar-refractivity contribution in [2.24, 2.45) is 0 Å². The highest BCUT2D eigenvalue weighted by molar-refractivity contribution is 5.44. The van der Waals surface area contributed by atoms with Crippen molar-refractivity contribution in [2.75, 3.05) is 23.8 Å². The molecule has 0 aromatic carbocycles. The molecule has 1 aromatic rings. The second-order valence-corrected chi connectivity index (χ2v) is 4.53. The quantitative estimate of drug-likeness (QED) is 0.699. The molecule has 1 aromatic heterocycles. The first-order valence-corrected chi connectivity index (χ1v) is 6.23. The number of nitrogens with one attached hydrogen (secondary N) is 2. The van der Waals surface area contributed by atoms with E-state index >= 15 is 0 Å². The molecule has 2 rings (SSSR count). The number of hydrogen-bond acceptors (Lipinski definition) is 5. The number of aliphatic hydroxyl groups is 1. The molecule has 0 amide bonds. The number of hydrogen-bond donors (Lipinski definition) is 3. The van der Waals surface area contributed by atoms with E-state index in [1.807, 2.05) is 19.9 Å². The van der Waals surface area contributed by atoms with E-state index in [1.54, 1.807) is 0 Å². The third-order valence-corrected chi connectivity index (χ3v) is 2.75. The molecular formula is C12H20N4O. The van der Waals surface area contributed by atoms with Crippen LogP contribution >= 0.6 is 0 Å². The molecule has 1 atom stereocenters. The van der Waals surface area contributed by atoms with Gasteiger partial charge in [-0.25, -0.2) is 4.98 Å². The number of rotatable bonds is 6. The lowest BCUT2D eigenvalue weighted by Crippen LogP contribution is -2.21. The van der Waals surface area contributed by atoms with Crippen molar-refractivity contribution in [3.63, 3.8) is 0 Å². The van der Waals surface area contributed by atoms with E-state index in [0.29, 0.717) is 11.9 Å². The second-order valence-electron chi connectivity index (χ2n) is 4.53. The van der Waals surface area contributed by atoms with Crippen LogP contribution in [0.15, 0.2) is 6.07 Å². The molecular weight excluding hydrogens is 216 g/mol. The van der Waals surface area contributed by atoms with Gasteiger partial charge in [0.25, 0.3) is 0 Å². The van der Waals surface area contributed by atoms with E-state index in [2.05, 4.69) is 20.6 Å². The van der Waals surface area contributed by atoms with E-state index in [1.165, 1.54) is 12.8 Å². The van der Waals surface area contributed by atoms with Crippen molar-refractivity contribution in [1.29, 1.82) is 0 Å². The van der Waals surface area contributed by atoms with Gasteiger partial charge in [-0.15, -0.1) is 0 Å². The number of anilines is 2. The smallest absolute Gasteiger partial charge is 0.225 e. The van der Waals surface area contributed by atoms with Crippen molar-refractivity contribution >= 4 is 11.8 Å². The average molecular weight is 236 g/mol. The fourth-order valence-corrected chi connectivity index (χ4v) is 1.66. The van der Waals surface area contributed by atoms with Crippen LogP contribution in [0.5, 0.6) is 0 Å². The summed E-state index contributed by atoms with van der Waals surface area (Å²) in [6.07, 6.45) is 2.44. The summed E-state index contributed by atoms with van der Waals surface area (Å²) in [6.45, 7) is 4.87. The number of nitrogens with zero attached hydrogens (tertiary/aromatic N) is 2. The van der Waals surface area contributed by atoms with Crippen LogP contribution < -0.4 is 10.6 Å². The number of aliphatic hydroxyl groups excluding tert-OH is 1. The number of aromatic nitrogens is 2. The molecule has 1 aliphatic carbocycles. The predicted molar refractivity (Wildman–Crippen MR) is 68.3 cm³/mol. The zero-order valence-corrected chi connectivity index (χ0v) is 10.4. The lowest BCUT2D eigenvalue weighted by Gasteiger charge is -2.13. The van der Waals surface area contributed by atoms with E-state index in [9.17, 15) is 0 Å². The van der Waals surface area contributed by atoms with Crippen LogP contribution in [-0.4, -0.2) is 34.3 Å². The standard InChI is InChI=1S/C12H20N4O/c1-3-13-11-6-10(9-4-5-9)15-12(16-11)14-8(2)7-17/h6,8-9,17H,3-5,7H2,1-2H3,(H2,13,14,15,16)/t8-/m0/s1. The first kappa shape index (κ1) is 12.1. The van der Waals surface area contributed by atoms with Crippen molar-refractivity contribution in [3.8, 4) is 0 Å². The highest BCUT2D eigenvalue weighted by Gasteiger charge is 2.26. The fraction of sp³-hybridized carbons (Fsp3) is 0.667. The monoisotopic (exact) mass is 236 g/mol. The summed E-state index contributed by atoms with van der Waals surface area (Å²) in [5.74, 6) is 2.06. The Morgan fingerprint density at radius 1 is 1.47 bits per heavy atom. The van der Waals surface area contributed by atoms with Crippen LogP contribution in [0, 0.1) is 0 Å². The summed E-state index contributed by atoms with van der Waals surface area (Å²) in [5.41, 5.74) is 1.10. The van der Waals surface area contributed by atoms with Crippen LogP contribution in [0.25, 0.3) is 0 Å². The molecule has 0 aliphatic heterocycles. The van der Waals surface area contributed by atoms with Gasteiger partial charge in [0.1, 0.15) is 5.82 Å². The van der Waals surface area contributed by atoms with Gasteiger partial charge in [-0.05, 0) is 26.7 Å². The minimum atomic E-state index is -0.0288. The lowest BCUT2D eigenvalue weighted by molar-refractivity contribution is 0.281. The fourth-order valence-electron chi connectivity index (χ4n) is 1.66. The lowest BCUT2D eigenvalue weighted by atomic mass is 10.3. The molecule has 1 aliphatic rings. The van der Waals surface area contributed by atoms with E-state index < -0.39 is 0 Å². The average Bonchev–Trinajstić information content (AvgIpc) is 3.12. The maximum atomic E-state index is 9.03. The summed E-state index contributed by atoms with van der Waals surface area (Å²) < 4.78 is 0. The van der Waals surface area contributed by atoms with Crippen molar-refractivity contribution in [3.05, 3.63) is 11.8 Å². The minimum Gasteiger partial charge on any atom is -0.394 e. The SMILES string of the molecule is CCNc1cc(C2CC2)nc(N[C@@H](C)CO)n1. The molecule has 3 N–H and O–H groups in total. The predicted octanol–water partition coefficient (Wildman–Crippen LogP) is 1.58. The van der Waals surface area contributed by atoms with Gasteiger partial charge in [-0.3, -0.25) is 0 Å². The normalized spacial score (nSPS) is 16.6. The molecule has 17 heavy (non-hydrogen) atoms. The van der Waals surface area contributed by atoms with Crippen LogP contribution in [0.4, 0.5) is 11.8 Å². The van der Waals surface area contributed by atoms with Crippen molar-refractivity contribution in [2.45, 2.75) is 38.6 Å². The Kier molecular flexibility index (Phi) is 3.78. The van der Waals surface area contributed by atoms with Crippen LogP contribution in [0.2, 0.25) is 0 Å². The van der Waals surface area contributed by atoms with Gasteiger partial charge in [0.15, 0.2) is 0 Å². The van der Waals surface area contributed by atoms with Gasteiger partial charge in [0.2, 0.25) is 5.95 Å². The van der Waals surface area contributed by atoms with Gasteiger partial charge >= 0.3 is 0 Å². The summed E-state index contributed by atoms with van der Waals surface area (Å²) >= 11 is 0. The van der Waals surface area contributed by atoms with Gasteiger partial charge in [0, 0.05) is 24.6 Å². The highest BCUT2D eigenvalue weighted by atomic mass is 16.3. The summed E-state index contributed by atoms with van der Waals surface area (Å²) in [4.78, 5) is 8.87. The molecule has 0 spiro atoms. The molecule has 5 heteroatoms. The molecule has 1 fully saturated rings. The van der Waals surface area contributed by atoms with Crippen LogP contribution in [0.3, 0.4) is 0 Å². The second kappa shape index (κ2) is 5.31. The Morgan fingerprint density at radius 2 is 2.24 bits per heavy atom. The van der Waals surface area contributed by atoms with Crippen LogP contribution in [0.1, 0.15) is 38.3 Å². The van der Waals surface area contributed by atoms with Gasteiger partial charge in [-0.2, -0.15) is 4.98 Å². The zero-order chi connectivity index (χ0) is 12.3. The third kappa shape index (κ3) is 3.30. The van der Waals surface area contributed by atoms with Gasteiger partial charge in [0.05, 0.1) is 12.3 Å². The summed E-state index contributed by atoms with van der Waals surface area (Å²) in [6, 6.07) is 1.99. The topological polar surface area (TPSA) is 70.1 Å². The molecule has 0 unspecified atom stereocenters. The Balaban J connectivity index is 2.17. The Hall–Kier alpha value is -1.36. The molecule has 0 bridgehead atoms. The molecule has 0 radical (unpaired) electrons. The summed E-state index contributed by atoms with van der Waals surface area (Å²) in [7, 11) is 0. The Labute approximate surface area is 102 Å². The maximum Gasteiger partial charge on any atom is 0.225 e. The van der Waals surface area contributed by atoms with Crippen molar-refractivity contribution in [1.82, 2.24) is 9.97 Å². The molecule has 5 nitrogen and oxygen atoms in total. The van der Waals surface area contributed by atoms with Gasteiger partial charge < -0.3 is 15.7 Å².